The molecule has 7 nitrogen and oxygen atoms in total. The average Bonchev–Trinajstić information content (AvgIpc) is 3.25. The molecule has 0 aliphatic carbocycles. The van der Waals surface area contributed by atoms with Crippen molar-refractivity contribution >= 4 is 28.9 Å². The Morgan fingerprint density at radius 2 is 1.76 bits per heavy atom. The van der Waals surface area contributed by atoms with E-state index in [9.17, 15) is 9.59 Å². The number of aromatic nitrogens is 1. The fraction of sp³-hybridized carbons (Fsp3) is 0.320. The monoisotopic (exact) mass is 464 g/mol. The van der Waals surface area contributed by atoms with Crippen LogP contribution in [0.1, 0.15) is 22.3 Å². The number of ether oxygens (including phenoxy) is 1. The van der Waals surface area contributed by atoms with E-state index in [1.807, 2.05) is 60.8 Å². The number of rotatable bonds is 8. The zero-order valence-electron chi connectivity index (χ0n) is 18.7. The number of thiophene rings is 1. The van der Waals surface area contributed by atoms with Gasteiger partial charge in [0.05, 0.1) is 24.5 Å². The highest BCUT2D eigenvalue weighted by atomic mass is 32.1. The number of anilines is 1. The molecule has 1 aromatic carbocycles. The van der Waals surface area contributed by atoms with Crippen LogP contribution in [0, 0.1) is 0 Å². The average molecular weight is 465 g/mol. The van der Waals surface area contributed by atoms with E-state index >= 15 is 0 Å². The van der Waals surface area contributed by atoms with Crippen molar-refractivity contribution in [2.75, 3.05) is 44.6 Å². The Morgan fingerprint density at radius 1 is 1.03 bits per heavy atom. The first kappa shape index (κ1) is 23.1. The van der Waals surface area contributed by atoms with Gasteiger partial charge in [0.1, 0.15) is 4.88 Å². The Bertz CT molecular complexity index is 1060. The first-order valence-electron chi connectivity index (χ1n) is 11.1. The number of carbonyl (C=O) groups is 2. The summed E-state index contributed by atoms with van der Waals surface area (Å²) in [5.41, 5.74) is 2.57. The van der Waals surface area contributed by atoms with Crippen molar-refractivity contribution in [1.29, 1.82) is 0 Å². The van der Waals surface area contributed by atoms with Crippen molar-refractivity contribution in [3.63, 3.8) is 0 Å². The maximum Gasteiger partial charge on any atom is 0.350 e. The van der Waals surface area contributed by atoms with Crippen LogP contribution in [-0.2, 0) is 16.1 Å². The number of amides is 1. The molecule has 0 atom stereocenters. The van der Waals surface area contributed by atoms with Crippen molar-refractivity contribution in [2.24, 2.45) is 0 Å². The number of hydrogen-bond donors (Lipinski definition) is 1. The number of piperazine rings is 1. The molecule has 1 N–H and O–H groups in total. The lowest BCUT2D eigenvalue weighted by molar-refractivity contribution is -0.117. The summed E-state index contributed by atoms with van der Waals surface area (Å²) < 4.78 is 5.21. The largest absolute Gasteiger partial charge is 0.462 e. The molecule has 0 saturated carbocycles. The van der Waals surface area contributed by atoms with Gasteiger partial charge in [-0.1, -0.05) is 36.4 Å². The van der Waals surface area contributed by atoms with Crippen LogP contribution in [0.4, 0.5) is 5.69 Å². The lowest BCUT2D eigenvalue weighted by Crippen LogP contribution is -2.48. The van der Waals surface area contributed by atoms with Crippen molar-refractivity contribution in [3.05, 3.63) is 71.4 Å². The van der Waals surface area contributed by atoms with Crippen LogP contribution in [0.2, 0.25) is 0 Å². The number of nitrogens with one attached hydrogen (secondary N) is 1. The molecule has 0 radical (unpaired) electrons. The van der Waals surface area contributed by atoms with Crippen LogP contribution in [0.15, 0.2) is 60.8 Å². The smallest absolute Gasteiger partial charge is 0.350 e. The molecule has 0 unspecified atom stereocenters. The number of esters is 1. The Labute approximate surface area is 198 Å². The van der Waals surface area contributed by atoms with Crippen LogP contribution < -0.4 is 5.32 Å². The van der Waals surface area contributed by atoms with Crippen LogP contribution in [-0.4, -0.2) is 66.0 Å². The Kier molecular flexibility index (Phi) is 7.83. The normalized spacial score (nSPS) is 14.7. The van der Waals surface area contributed by atoms with Gasteiger partial charge < -0.3 is 10.1 Å². The van der Waals surface area contributed by atoms with Gasteiger partial charge in [-0.15, -0.1) is 11.3 Å². The minimum atomic E-state index is -0.414. The van der Waals surface area contributed by atoms with Crippen LogP contribution >= 0.6 is 11.3 Å². The Morgan fingerprint density at radius 3 is 2.45 bits per heavy atom. The van der Waals surface area contributed by atoms with E-state index in [0.29, 0.717) is 10.6 Å². The molecule has 8 heteroatoms. The third kappa shape index (κ3) is 6.25. The third-order valence-electron chi connectivity index (χ3n) is 5.47. The van der Waals surface area contributed by atoms with Crippen LogP contribution in [0.5, 0.6) is 0 Å². The summed E-state index contributed by atoms with van der Waals surface area (Å²) in [5.74, 6) is -0.542. The van der Waals surface area contributed by atoms with Crippen molar-refractivity contribution in [2.45, 2.75) is 13.5 Å². The molecule has 1 saturated heterocycles. The summed E-state index contributed by atoms with van der Waals surface area (Å²) >= 11 is 1.33. The lowest BCUT2D eigenvalue weighted by Gasteiger charge is -2.34. The van der Waals surface area contributed by atoms with Gasteiger partial charge >= 0.3 is 5.97 Å². The summed E-state index contributed by atoms with van der Waals surface area (Å²) in [4.78, 5) is 35.5. The van der Waals surface area contributed by atoms with E-state index in [-0.39, 0.29) is 19.1 Å². The van der Waals surface area contributed by atoms with Crippen molar-refractivity contribution in [3.8, 4) is 10.4 Å². The number of carbonyl (C=O) groups excluding carboxylic acids is 2. The van der Waals surface area contributed by atoms with E-state index in [1.165, 1.54) is 11.3 Å². The van der Waals surface area contributed by atoms with Gasteiger partial charge in [-0.25, -0.2) is 4.79 Å². The van der Waals surface area contributed by atoms with Crippen LogP contribution in [0.25, 0.3) is 10.4 Å². The molecule has 3 heterocycles. The molecule has 1 amide bonds. The zero-order valence-corrected chi connectivity index (χ0v) is 19.5. The molecule has 1 aliphatic rings. The molecule has 3 aromatic rings. The predicted octanol–water partition coefficient (Wildman–Crippen LogP) is 3.74. The summed E-state index contributed by atoms with van der Waals surface area (Å²) in [5, 5.41) is 2.94. The first-order valence-corrected chi connectivity index (χ1v) is 11.9. The number of benzene rings is 1. The highest BCUT2D eigenvalue weighted by molar-refractivity contribution is 7.18. The van der Waals surface area contributed by atoms with Gasteiger partial charge in [0, 0.05) is 43.8 Å². The third-order valence-corrected chi connectivity index (χ3v) is 6.63. The highest BCUT2D eigenvalue weighted by Gasteiger charge is 2.23. The number of pyridine rings is 1. The fourth-order valence-corrected chi connectivity index (χ4v) is 4.81. The zero-order chi connectivity index (χ0) is 23.0. The van der Waals surface area contributed by atoms with Gasteiger partial charge in [0.2, 0.25) is 5.91 Å². The Hall–Kier alpha value is -3.07. The van der Waals surface area contributed by atoms with E-state index in [0.717, 1.165) is 48.9 Å². The van der Waals surface area contributed by atoms with Gasteiger partial charge in [-0.3, -0.25) is 19.6 Å². The van der Waals surface area contributed by atoms with Crippen molar-refractivity contribution < 1.29 is 14.3 Å². The van der Waals surface area contributed by atoms with Gasteiger partial charge in [-0.2, -0.15) is 0 Å². The van der Waals surface area contributed by atoms with E-state index in [4.69, 9.17) is 4.74 Å². The molecule has 1 aliphatic heterocycles. The molecular weight excluding hydrogens is 436 g/mol. The number of hydrogen-bond acceptors (Lipinski definition) is 7. The molecular formula is C25H28N4O3S. The van der Waals surface area contributed by atoms with Gasteiger partial charge in [0.15, 0.2) is 0 Å². The van der Waals surface area contributed by atoms with Crippen molar-refractivity contribution in [1.82, 2.24) is 14.8 Å². The summed E-state index contributed by atoms with van der Waals surface area (Å²) in [6, 6.07) is 17.6. The van der Waals surface area contributed by atoms with Crippen LogP contribution in [0.3, 0.4) is 0 Å². The first-order chi connectivity index (χ1) is 16.1. The maximum absolute atomic E-state index is 12.8. The molecule has 33 heavy (non-hydrogen) atoms. The second-order valence-electron chi connectivity index (χ2n) is 7.86. The fourth-order valence-electron chi connectivity index (χ4n) is 3.80. The molecule has 1 fully saturated rings. The SMILES string of the molecule is CCOC(=O)c1sc(-c2ccccc2)cc1NC(=O)CN1CCN(Cc2ccccn2)CC1. The molecule has 4 rings (SSSR count). The van der Waals surface area contributed by atoms with E-state index in [1.54, 1.807) is 6.92 Å². The second-order valence-corrected chi connectivity index (χ2v) is 8.91. The van der Waals surface area contributed by atoms with Gasteiger partial charge in [0.25, 0.3) is 0 Å². The van der Waals surface area contributed by atoms with E-state index < -0.39 is 5.97 Å². The molecule has 0 bridgehead atoms. The number of nitrogens with zero attached hydrogens (tertiary/aromatic N) is 3. The molecule has 0 spiro atoms. The summed E-state index contributed by atoms with van der Waals surface area (Å²) in [7, 11) is 0. The maximum atomic E-state index is 12.8. The Balaban J connectivity index is 1.36. The highest BCUT2D eigenvalue weighted by Crippen LogP contribution is 2.35. The van der Waals surface area contributed by atoms with Gasteiger partial charge in [-0.05, 0) is 30.7 Å². The minimum absolute atomic E-state index is 0.129. The summed E-state index contributed by atoms with van der Waals surface area (Å²) in [6.45, 7) is 6.55. The minimum Gasteiger partial charge on any atom is -0.462 e. The second kappa shape index (κ2) is 11.2. The standard InChI is InChI=1S/C25H28N4O3S/c1-2-32-25(31)24-21(16-22(33-24)19-8-4-3-5-9-19)27-23(30)18-29-14-12-28(13-15-29)17-20-10-6-7-11-26-20/h3-11,16H,2,12-15,17-18H2,1H3,(H,27,30). The topological polar surface area (TPSA) is 74.8 Å². The molecule has 172 valence electrons. The molecule has 2 aromatic heterocycles. The predicted molar refractivity (Wildman–Crippen MR) is 130 cm³/mol. The lowest BCUT2D eigenvalue weighted by atomic mass is 10.2. The summed E-state index contributed by atoms with van der Waals surface area (Å²) in [6.07, 6.45) is 1.81. The van der Waals surface area contributed by atoms with E-state index in [2.05, 4.69) is 20.1 Å². The quantitative estimate of drug-likeness (QED) is 0.512.